The zero-order chi connectivity index (χ0) is 20.8. The summed E-state index contributed by atoms with van der Waals surface area (Å²) < 4.78 is 5.17. The quantitative estimate of drug-likeness (QED) is 0.816. The summed E-state index contributed by atoms with van der Waals surface area (Å²) in [6.45, 7) is 5.31. The number of hydrogen-bond donors (Lipinski definition) is 1. The lowest BCUT2D eigenvalue weighted by Crippen LogP contribution is -2.47. The second kappa shape index (κ2) is 9.56. The Hall–Kier alpha value is -2.86. The van der Waals surface area contributed by atoms with Gasteiger partial charge >= 0.3 is 0 Å². The van der Waals surface area contributed by atoms with E-state index in [4.69, 9.17) is 4.74 Å². The Kier molecular flexibility index (Phi) is 6.88. The van der Waals surface area contributed by atoms with E-state index in [2.05, 4.69) is 17.3 Å². The Morgan fingerprint density at radius 3 is 2.21 bits per heavy atom. The van der Waals surface area contributed by atoms with E-state index < -0.39 is 0 Å². The van der Waals surface area contributed by atoms with Gasteiger partial charge in [0.05, 0.1) is 7.11 Å². The topological polar surface area (TPSA) is 61.9 Å². The number of carbonyl (C=O) groups excluding carboxylic acids is 2. The molecule has 1 aliphatic rings. The normalized spacial score (nSPS) is 15.6. The molecule has 154 valence electrons. The summed E-state index contributed by atoms with van der Waals surface area (Å²) in [5, 5.41) is 2.92. The lowest BCUT2D eigenvalue weighted by atomic mass is 9.97. The van der Waals surface area contributed by atoms with Crippen LogP contribution < -0.4 is 10.1 Å². The van der Waals surface area contributed by atoms with Crippen LogP contribution in [0.15, 0.2) is 48.5 Å². The lowest BCUT2D eigenvalue weighted by Gasteiger charge is -2.32. The van der Waals surface area contributed by atoms with Gasteiger partial charge in [-0.3, -0.25) is 9.59 Å². The molecule has 2 aromatic carbocycles. The highest BCUT2D eigenvalue weighted by Crippen LogP contribution is 2.22. The van der Waals surface area contributed by atoms with Crippen molar-refractivity contribution in [3.63, 3.8) is 0 Å². The van der Waals surface area contributed by atoms with E-state index in [0.29, 0.717) is 17.7 Å². The number of nitrogens with one attached hydrogen (secondary N) is 1. The highest BCUT2D eigenvalue weighted by Gasteiger charge is 2.20. The van der Waals surface area contributed by atoms with Crippen molar-refractivity contribution < 1.29 is 14.3 Å². The van der Waals surface area contributed by atoms with Crippen molar-refractivity contribution in [1.29, 1.82) is 0 Å². The summed E-state index contributed by atoms with van der Waals surface area (Å²) in [5.41, 5.74) is 2.44. The van der Waals surface area contributed by atoms with Gasteiger partial charge in [0.2, 0.25) is 5.91 Å². The number of hydrogen-bond acceptors (Lipinski definition) is 4. The molecule has 6 nitrogen and oxygen atoms in total. The zero-order valence-corrected chi connectivity index (χ0v) is 17.4. The third-order valence-electron chi connectivity index (χ3n) is 5.38. The first-order valence-corrected chi connectivity index (χ1v) is 9.98. The van der Waals surface area contributed by atoms with Gasteiger partial charge in [-0.25, -0.2) is 0 Å². The van der Waals surface area contributed by atoms with Crippen LogP contribution in [-0.2, 0) is 4.79 Å². The fourth-order valence-electron chi connectivity index (χ4n) is 3.43. The molecular formula is C23H29N3O3. The number of likely N-dealkylation sites (N-methyl/N-ethyl adjacent to an activating group) is 1. The largest absolute Gasteiger partial charge is 0.497 e. The number of methoxy groups -OCH3 is 1. The first kappa shape index (κ1) is 20.9. The molecule has 0 aliphatic carbocycles. The molecule has 1 aliphatic heterocycles. The Labute approximate surface area is 172 Å². The van der Waals surface area contributed by atoms with Gasteiger partial charge in [-0.05, 0) is 54.9 Å². The monoisotopic (exact) mass is 395 g/mol. The molecule has 0 saturated carbocycles. The van der Waals surface area contributed by atoms with E-state index in [1.807, 2.05) is 36.1 Å². The Morgan fingerprint density at radius 1 is 1.00 bits per heavy atom. The molecule has 1 N–H and O–H groups in total. The molecule has 1 heterocycles. The fraction of sp³-hybridized carbons (Fsp3) is 0.391. The average Bonchev–Trinajstić information content (AvgIpc) is 2.74. The van der Waals surface area contributed by atoms with Crippen LogP contribution in [0.5, 0.6) is 5.75 Å². The molecule has 2 aromatic rings. The Balaban J connectivity index is 1.53. The smallest absolute Gasteiger partial charge is 0.253 e. The maximum atomic E-state index is 12.6. The van der Waals surface area contributed by atoms with Gasteiger partial charge in [-0.2, -0.15) is 0 Å². The molecule has 1 fully saturated rings. The van der Waals surface area contributed by atoms with Crippen molar-refractivity contribution in [3.05, 3.63) is 59.7 Å². The highest BCUT2D eigenvalue weighted by molar-refractivity contribution is 5.96. The minimum absolute atomic E-state index is 0.0455. The maximum Gasteiger partial charge on any atom is 0.253 e. The molecule has 2 amide bonds. The third-order valence-corrected chi connectivity index (χ3v) is 5.38. The van der Waals surface area contributed by atoms with Gasteiger partial charge in [0.25, 0.3) is 5.91 Å². The maximum absolute atomic E-state index is 12.6. The molecule has 1 atom stereocenters. The van der Waals surface area contributed by atoms with Crippen molar-refractivity contribution >= 4 is 17.5 Å². The molecule has 0 spiro atoms. The van der Waals surface area contributed by atoms with Crippen LogP contribution in [0.3, 0.4) is 0 Å². The third kappa shape index (κ3) is 5.57. The van der Waals surface area contributed by atoms with Crippen LogP contribution in [-0.4, -0.2) is 62.0 Å². The lowest BCUT2D eigenvalue weighted by molar-refractivity contribution is -0.116. The number of carbonyl (C=O) groups is 2. The van der Waals surface area contributed by atoms with Gasteiger partial charge in [-0.15, -0.1) is 0 Å². The molecule has 1 unspecified atom stereocenters. The van der Waals surface area contributed by atoms with Crippen molar-refractivity contribution in [1.82, 2.24) is 9.80 Å². The van der Waals surface area contributed by atoms with E-state index >= 15 is 0 Å². The molecule has 6 heteroatoms. The van der Waals surface area contributed by atoms with Crippen molar-refractivity contribution in [2.75, 3.05) is 45.7 Å². The fourth-order valence-corrected chi connectivity index (χ4v) is 3.43. The van der Waals surface area contributed by atoms with Crippen LogP contribution in [0.2, 0.25) is 0 Å². The summed E-state index contributed by atoms with van der Waals surface area (Å²) in [5.74, 6) is 0.895. The van der Waals surface area contributed by atoms with E-state index in [9.17, 15) is 9.59 Å². The van der Waals surface area contributed by atoms with Crippen LogP contribution in [0, 0.1) is 0 Å². The van der Waals surface area contributed by atoms with Crippen molar-refractivity contribution in [2.45, 2.75) is 19.3 Å². The van der Waals surface area contributed by atoms with Gasteiger partial charge in [0, 0.05) is 43.9 Å². The molecule has 1 saturated heterocycles. The standard InChI is InChI=1S/C23H29N3O3/c1-17(18-6-10-21(29-3)11-7-18)16-22(27)24-20-8-4-19(5-9-20)23(28)26-14-12-25(2)13-15-26/h4-11,17H,12-16H2,1-3H3,(H,24,27). The number of ether oxygens (including phenoxy) is 1. The number of piperazine rings is 1. The second-order valence-electron chi connectivity index (χ2n) is 7.60. The summed E-state index contributed by atoms with van der Waals surface area (Å²) in [6, 6.07) is 14.9. The minimum Gasteiger partial charge on any atom is -0.497 e. The van der Waals surface area contributed by atoms with Crippen LogP contribution in [0.4, 0.5) is 5.69 Å². The summed E-state index contributed by atoms with van der Waals surface area (Å²) in [7, 11) is 3.70. The zero-order valence-electron chi connectivity index (χ0n) is 17.4. The molecule has 0 aromatic heterocycles. The van der Waals surface area contributed by atoms with Crippen LogP contribution in [0.1, 0.15) is 35.2 Å². The van der Waals surface area contributed by atoms with Crippen LogP contribution >= 0.6 is 0 Å². The van der Waals surface area contributed by atoms with Gasteiger partial charge in [-0.1, -0.05) is 19.1 Å². The van der Waals surface area contributed by atoms with E-state index in [-0.39, 0.29) is 17.7 Å². The number of rotatable bonds is 6. The van der Waals surface area contributed by atoms with Crippen molar-refractivity contribution in [3.8, 4) is 5.75 Å². The first-order chi connectivity index (χ1) is 14.0. The molecule has 0 radical (unpaired) electrons. The van der Waals surface area contributed by atoms with Crippen molar-refractivity contribution in [2.24, 2.45) is 0 Å². The Bertz CT molecular complexity index is 825. The second-order valence-corrected chi connectivity index (χ2v) is 7.60. The van der Waals surface area contributed by atoms with E-state index in [0.717, 1.165) is 37.5 Å². The molecule has 3 rings (SSSR count). The highest BCUT2D eigenvalue weighted by atomic mass is 16.5. The Morgan fingerprint density at radius 2 is 1.62 bits per heavy atom. The molecule has 29 heavy (non-hydrogen) atoms. The van der Waals surface area contributed by atoms with Gasteiger partial charge in [0.1, 0.15) is 5.75 Å². The number of benzene rings is 2. The summed E-state index contributed by atoms with van der Waals surface area (Å²) in [6.07, 6.45) is 0.383. The minimum atomic E-state index is -0.0496. The molecular weight excluding hydrogens is 366 g/mol. The average molecular weight is 396 g/mol. The van der Waals surface area contributed by atoms with Gasteiger partial charge < -0.3 is 19.9 Å². The summed E-state index contributed by atoms with van der Waals surface area (Å²) in [4.78, 5) is 29.1. The predicted octanol–water partition coefficient (Wildman–Crippen LogP) is 3.22. The number of nitrogens with zero attached hydrogens (tertiary/aromatic N) is 2. The summed E-state index contributed by atoms with van der Waals surface area (Å²) >= 11 is 0. The molecule has 0 bridgehead atoms. The van der Waals surface area contributed by atoms with E-state index in [1.165, 1.54) is 0 Å². The number of anilines is 1. The first-order valence-electron chi connectivity index (χ1n) is 9.98. The van der Waals surface area contributed by atoms with Crippen LogP contribution in [0.25, 0.3) is 0 Å². The predicted molar refractivity (Wildman–Crippen MR) is 114 cm³/mol. The number of amides is 2. The van der Waals surface area contributed by atoms with Gasteiger partial charge in [0.15, 0.2) is 0 Å². The SMILES string of the molecule is COc1ccc(C(C)CC(=O)Nc2ccc(C(=O)N3CCN(C)CC3)cc2)cc1. The van der Waals surface area contributed by atoms with E-state index in [1.54, 1.807) is 31.4 Å².